The van der Waals surface area contributed by atoms with E-state index >= 15 is 0 Å². The number of aromatic amines is 1. The third-order valence-corrected chi connectivity index (χ3v) is 8.70. The molecule has 0 saturated heterocycles. The van der Waals surface area contributed by atoms with Gasteiger partial charge in [-0.25, -0.2) is 4.68 Å². The molecular weight excluding hydrogens is 504 g/mol. The molecule has 200 valence electrons. The molecule has 6 rings (SSSR count). The van der Waals surface area contributed by atoms with Crippen LogP contribution in [-0.4, -0.2) is 36.6 Å². The number of tetrazole rings is 1. The van der Waals surface area contributed by atoms with Crippen molar-refractivity contribution in [1.82, 2.24) is 30.1 Å². The Morgan fingerprint density at radius 2 is 1.90 bits per heavy atom. The maximum absolute atomic E-state index is 13.8. The van der Waals surface area contributed by atoms with Gasteiger partial charge >= 0.3 is 0 Å². The van der Waals surface area contributed by atoms with E-state index in [2.05, 4.69) is 79.3 Å². The molecule has 2 aromatic carbocycles. The molecular formula is C31H34N6OS. The van der Waals surface area contributed by atoms with Crippen molar-refractivity contribution in [1.29, 1.82) is 0 Å². The van der Waals surface area contributed by atoms with E-state index in [1.54, 1.807) is 11.3 Å². The maximum Gasteiger partial charge on any atom is 0.253 e. The van der Waals surface area contributed by atoms with E-state index in [1.807, 2.05) is 29.8 Å². The van der Waals surface area contributed by atoms with Crippen LogP contribution in [0.25, 0.3) is 10.9 Å². The summed E-state index contributed by atoms with van der Waals surface area (Å²) < 4.78 is 2.02. The van der Waals surface area contributed by atoms with Crippen molar-refractivity contribution in [2.75, 3.05) is 6.54 Å². The quantitative estimate of drug-likeness (QED) is 0.241. The van der Waals surface area contributed by atoms with Gasteiger partial charge < -0.3 is 4.98 Å². The van der Waals surface area contributed by atoms with Crippen molar-refractivity contribution in [3.8, 4) is 0 Å². The smallest absolute Gasteiger partial charge is 0.253 e. The van der Waals surface area contributed by atoms with Crippen molar-refractivity contribution in [3.63, 3.8) is 0 Å². The minimum Gasteiger partial charge on any atom is -0.322 e. The zero-order valence-electron chi connectivity index (χ0n) is 22.3. The molecule has 1 unspecified atom stereocenters. The molecule has 1 atom stereocenters. The monoisotopic (exact) mass is 538 g/mol. The first kappa shape index (κ1) is 25.6. The lowest BCUT2D eigenvalue weighted by molar-refractivity contribution is 0.198. The topological polar surface area (TPSA) is 79.7 Å². The number of nitrogens with one attached hydrogen (secondary N) is 1. The number of pyridine rings is 1. The normalized spacial score (nSPS) is 15.2. The Morgan fingerprint density at radius 3 is 2.69 bits per heavy atom. The largest absolute Gasteiger partial charge is 0.322 e. The molecule has 0 amide bonds. The number of hydrogen-bond donors (Lipinski definition) is 1. The lowest BCUT2D eigenvalue weighted by Crippen LogP contribution is -2.36. The molecule has 7 nitrogen and oxygen atoms in total. The summed E-state index contributed by atoms with van der Waals surface area (Å²) in [6.45, 7) is 3.51. The first-order valence-corrected chi connectivity index (χ1v) is 14.8. The van der Waals surface area contributed by atoms with Crippen LogP contribution in [0.1, 0.15) is 71.6 Å². The Labute approximate surface area is 232 Å². The van der Waals surface area contributed by atoms with Gasteiger partial charge in [-0.2, -0.15) is 0 Å². The molecule has 0 spiro atoms. The molecule has 0 radical (unpaired) electrons. The van der Waals surface area contributed by atoms with Gasteiger partial charge in [0.15, 0.2) is 5.82 Å². The number of aromatic nitrogens is 5. The standard InChI is InChI=1S/C31H34N6OS/c1-22-14-15-24-20-27(31(38)32-28(24)19-22)29(30-33-34-35-37(30)25-11-6-3-7-12-25)36(21-26-13-8-18-39-26)17-16-23-9-4-2-5-10-23/h2,4-5,8-10,13-15,18-20,25,29H,3,6-7,11-12,16-17,21H2,1H3,(H,32,38). The van der Waals surface area contributed by atoms with Crippen LogP contribution in [0.2, 0.25) is 0 Å². The summed E-state index contributed by atoms with van der Waals surface area (Å²) in [5.74, 6) is 0.753. The van der Waals surface area contributed by atoms with Crippen LogP contribution in [0.3, 0.4) is 0 Å². The van der Waals surface area contributed by atoms with Gasteiger partial charge in [0.1, 0.15) is 6.04 Å². The Hall–Kier alpha value is -3.62. The predicted molar refractivity (Wildman–Crippen MR) is 156 cm³/mol. The number of H-pyrrole nitrogens is 1. The number of nitrogens with zero attached hydrogens (tertiary/aromatic N) is 5. The fraction of sp³-hybridized carbons (Fsp3) is 0.355. The molecule has 3 aromatic heterocycles. The molecule has 1 saturated carbocycles. The van der Waals surface area contributed by atoms with Gasteiger partial charge in [0.05, 0.1) is 6.04 Å². The van der Waals surface area contributed by atoms with Gasteiger partial charge in [-0.15, -0.1) is 16.4 Å². The summed E-state index contributed by atoms with van der Waals surface area (Å²) in [5, 5.41) is 16.4. The summed E-state index contributed by atoms with van der Waals surface area (Å²) in [5.41, 5.74) is 3.83. The Morgan fingerprint density at radius 1 is 1.05 bits per heavy atom. The summed E-state index contributed by atoms with van der Waals surface area (Å²) in [4.78, 5) is 20.6. The highest BCUT2D eigenvalue weighted by Crippen LogP contribution is 2.34. The Kier molecular flexibility index (Phi) is 7.65. The summed E-state index contributed by atoms with van der Waals surface area (Å²) in [6.07, 6.45) is 6.59. The second-order valence-electron chi connectivity index (χ2n) is 10.6. The average molecular weight is 539 g/mol. The molecule has 0 bridgehead atoms. The van der Waals surface area contributed by atoms with Crippen LogP contribution in [-0.2, 0) is 13.0 Å². The van der Waals surface area contributed by atoms with E-state index in [1.165, 1.54) is 29.7 Å². The lowest BCUT2D eigenvalue weighted by atomic mass is 9.95. The molecule has 3 heterocycles. The minimum atomic E-state index is -0.387. The van der Waals surface area contributed by atoms with Crippen molar-refractivity contribution in [3.05, 3.63) is 110 Å². The molecule has 1 fully saturated rings. The molecule has 1 aliphatic rings. The number of thiophene rings is 1. The van der Waals surface area contributed by atoms with Crippen LogP contribution < -0.4 is 5.56 Å². The molecule has 5 aromatic rings. The highest BCUT2D eigenvalue weighted by Gasteiger charge is 2.33. The molecule has 1 aliphatic carbocycles. The number of hydrogen-bond acceptors (Lipinski definition) is 6. The number of fused-ring (bicyclic) bond motifs is 1. The van der Waals surface area contributed by atoms with Gasteiger partial charge in [0.25, 0.3) is 5.56 Å². The zero-order valence-corrected chi connectivity index (χ0v) is 23.1. The van der Waals surface area contributed by atoms with Crippen LogP contribution in [0.15, 0.2) is 76.9 Å². The van der Waals surface area contributed by atoms with Crippen LogP contribution >= 0.6 is 11.3 Å². The van der Waals surface area contributed by atoms with E-state index in [0.29, 0.717) is 12.1 Å². The van der Waals surface area contributed by atoms with E-state index < -0.39 is 0 Å². The maximum atomic E-state index is 13.8. The van der Waals surface area contributed by atoms with Crippen molar-refractivity contribution in [2.24, 2.45) is 0 Å². The van der Waals surface area contributed by atoms with E-state index in [0.717, 1.165) is 48.1 Å². The summed E-state index contributed by atoms with van der Waals surface area (Å²) >= 11 is 1.74. The van der Waals surface area contributed by atoms with E-state index in [9.17, 15) is 4.79 Å². The van der Waals surface area contributed by atoms with Crippen molar-refractivity contribution < 1.29 is 0 Å². The third kappa shape index (κ3) is 5.72. The van der Waals surface area contributed by atoms with Crippen LogP contribution in [0, 0.1) is 6.92 Å². The fourth-order valence-corrected chi connectivity index (χ4v) is 6.55. The zero-order chi connectivity index (χ0) is 26.6. The minimum absolute atomic E-state index is 0.0906. The molecule has 1 N–H and O–H groups in total. The molecule has 8 heteroatoms. The van der Waals surface area contributed by atoms with Crippen LogP contribution in [0.5, 0.6) is 0 Å². The summed E-state index contributed by atoms with van der Waals surface area (Å²) in [7, 11) is 0. The Bertz CT molecular complexity index is 1570. The first-order chi connectivity index (χ1) is 19.2. The highest BCUT2D eigenvalue weighted by atomic mass is 32.1. The van der Waals surface area contributed by atoms with Gasteiger partial charge in [0, 0.05) is 29.0 Å². The molecule has 0 aliphatic heterocycles. The second kappa shape index (κ2) is 11.6. The van der Waals surface area contributed by atoms with Gasteiger partial charge in [0.2, 0.25) is 0 Å². The predicted octanol–water partition coefficient (Wildman–Crippen LogP) is 6.22. The SMILES string of the molecule is Cc1ccc2cc(C(c3nnnn3C3CCCCC3)N(CCc3ccccc3)Cc3cccs3)c(=O)[nH]c2c1. The number of benzene rings is 2. The average Bonchev–Trinajstić information content (AvgIpc) is 3.66. The first-order valence-electron chi connectivity index (χ1n) is 13.9. The second-order valence-corrected chi connectivity index (χ2v) is 11.6. The highest BCUT2D eigenvalue weighted by molar-refractivity contribution is 7.09. The van der Waals surface area contributed by atoms with Gasteiger partial charge in [-0.1, -0.05) is 67.8 Å². The van der Waals surface area contributed by atoms with Gasteiger partial charge in [-0.05, 0) is 76.7 Å². The van der Waals surface area contributed by atoms with Crippen LogP contribution in [0.4, 0.5) is 0 Å². The Balaban J connectivity index is 1.48. The third-order valence-electron chi connectivity index (χ3n) is 7.84. The summed E-state index contributed by atoms with van der Waals surface area (Å²) in [6, 6.07) is 22.9. The van der Waals surface area contributed by atoms with Crippen molar-refractivity contribution >= 4 is 22.2 Å². The number of aryl methyl sites for hydroxylation is 1. The van der Waals surface area contributed by atoms with Gasteiger partial charge in [-0.3, -0.25) is 9.69 Å². The van der Waals surface area contributed by atoms with E-state index in [4.69, 9.17) is 0 Å². The number of rotatable bonds is 9. The lowest BCUT2D eigenvalue weighted by Gasteiger charge is -2.32. The molecule has 39 heavy (non-hydrogen) atoms. The van der Waals surface area contributed by atoms with Crippen molar-refractivity contribution in [2.45, 2.75) is 64.1 Å². The van der Waals surface area contributed by atoms with E-state index in [-0.39, 0.29) is 17.6 Å². The fourth-order valence-electron chi connectivity index (χ4n) is 5.82.